The van der Waals surface area contributed by atoms with Gasteiger partial charge in [0.05, 0.1) is 7.11 Å². The fourth-order valence-electron chi connectivity index (χ4n) is 2.08. The summed E-state index contributed by atoms with van der Waals surface area (Å²) in [6.45, 7) is -0.293. The first-order valence-corrected chi connectivity index (χ1v) is 7.66. The van der Waals surface area contributed by atoms with E-state index in [1.54, 1.807) is 7.11 Å². The number of aryl methyl sites for hydroxylation is 1. The third-order valence-electron chi connectivity index (χ3n) is 3.34. The standard InChI is InChI=1S/C18H19FN2O4/c1-24-16-5-3-2-4-13(16)6-11-17(22)20-21-18(23)12-25-15-9-7-14(19)8-10-15/h2-5,7-10H,6,11-12H2,1H3,(H,20,22)(H,21,23). The Morgan fingerprint density at radius 2 is 1.68 bits per heavy atom. The highest BCUT2D eigenvalue weighted by atomic mass is 19.1. The van der Waals surface area contributed by atoms with Crippen molar-refractivity contribution < 1.29 is 23.5 Å². The first-order chi connectivity index (χ1) is 12.1. The van der Waals surface area contributed by atoms with Crippen LogP contribution in [0.1, 0.15) is 12.0 Å². The second-order valence-corrected chi connectivity index (χ2v) is 5.15. The molecule has 2 aromatic rings. The Balaban J connectivity index is 1.68. The van der Waals surface area contributed by atoms with Crippen LogP contribution >= 0.6 is 0 Å². The van der Waals surface area contributed by atoms with Gasteiger partial charge in [0.2, 0.25) is 5.91 Å². The van der Waals surface area contributed by atoms with Gasteiger partial charge in [0.15, 0.2) is 6.61 Å². The molecule has 132 valence electrons. The highest BCUT2D eigenvalue weighted by Crippen LogP contribution is 2.18. The molecule has 0 spiro atoms. The van der Waals surface area contributed by atoms with Gasteiger partial charge >= 0.3 is 0 Å². The number of halogens is 1. The van der Waals surface area contributed by atoms with Crippen LogP contribution in [0.2, 0.25) is 0 Å². The zero-order chi connectivity index (χ0) is 18.1. The van der Waals surface area contributed by atoms with Crippen LogP contribution in [-0.2, 0) is 16.0 Å². The van der Waals surface area contributed by atoms with Gasteiger partial charge in [-0.25, -0.2) is 4.39 Å². The zero-order valence-electron chi connectivity index (χ0n) is 13.8. The van der Waals surface area contributed by atoms with Crippen molar-refractivity contribution in [2.75, 3.05) is 13.7 Å². The number of hydrogen-bond donors (Lipinski definition) is 2. The Morgan fingerprint density at radius 1 is 1.00 bits per heavy atom. The largest absolute Gasteiger partial charge is 0.496 e. The molecule has 7 heteroatoms. The minimum atomic E-state index is -0.519. The van der Waals surface area contributed by atoms with Crippen molar-refractivity contribution in [2.45, 2.75) is 12.8 Å². The van der Waals surface area contributed by atoms with Crippen LogP contribution in [0.5, 0.6) is 11.5 Å². The highest BCUT2D eigenvalue weighted by Gasteiger charge is 2.08. The number of rotatable bonds is 7. The number of hydrogen-bond acceptors (Lipinski definition) is 4. The SMILES string of the molecule is COc1ccccc1CCC(=O)NNC(=O)COc1ccc(F)cc1. The molecule has 0 aromatic heterocycles. The van der Waals surface area contributed by atoms with Crippen molar-refractivity contribution in [1.29, 1.82) is 0 Å². The summed E-state index contributed by atoms with van der Waals surface area (Å²) >= 11 is 0. The van der Waals surface area contributed by atoms with Crippen molar-refractivity contribution in [3.8, 4) is 11.5 Å². The Kier molecular flexibility index (Phi) is 6.76. The number of nitrogens with one attached hydrogen (secondary N) is 2. The topological polar surface area (TPSA) is 76.7 Å². The summed E-state index contributed by atoms with van der Waals surface area (Å²) in [7, 11) is 1.57. The number of para-hydroxylation sites is 1. The fraction of sp³-hybridized carbons (Fsp3) is 0.222. The average Bonchev–Trinajstić information content (AvgIpc) is 2.64. The lowest BCUT2D eigenvalue weighted by Crippen LogP contribution is -2.43. The predicted octanol–water partition coefficient (Wildman–Crippen LogP) is 1.99. The van der Waals surface area contributed by atoms with Crippen LogP contribution in [0.15, 0.2) is 48.5 Å². The molecule has 0 saturated carbocycles. The van der Waals surface area contributed by atoms with E-state index >= 15 is 0 Å². The molecule has 0 atom stereocenters. The Morgan fingerprint density at radius 3 is 2.40 bits per heavy atom. The van der Waals surface area contributed by atoms with Gasteiger partial charge in [-0.05, 0) is 42.3 Å². The van der Waals surface area contributed by atoms with Gasteiger partial charge in [-0.3, -0.25) is 20.4 Å². The first kappa shape index (κ1) is 18.3. The molecule has 2 N–H and O–H groups in total. The quantitative estimate of drug-likeness (QED) is 0.752. The second kappa shape index (κ2) is 9.27. The van der Waals surface area contributed by atoms with Crippen LogP contribution in [0.4, 0.5) is 4.39 Å². The number of benzene rings is 2. The van der Waals surface area contributed by atoms with E-state index in [0.29, 0.717) is 17.9 Å². The van der Waals surface area contributed by atoms with Crippen LogP contribution < -0.4 is 20.3 Å². The minimum absolute atomic E-state index is 0.194. The van der Waals surface area contributed by atoms with E-state index in [0.717, 1.165) is 5.56 Å². The Hall–Kier alpha value is -3.09. The molecule has 0 heterocycles. The van der Waals surface area contributed by atoms with E-state index in [-0.39, 0.29) is 24.8 Å². The molecule has 2 aromatic carbocycles. The molecular formula is C18H19FN2O4. The second-order valence-electron chi connectivity index (χ2n) is 5.15. The molecule has 0 bridgehead atoms. The molecule has 2 rings (SSSR count). The molecule has 0 aliphatic heterocycles. The number of hydrazine groups is 1. The van der Waals surface area contributed by atoms with E-state index in [1.165, 1.54) is 24.3 Å². The molecule has 0 aliphatic carbocycles. The van der Waals surface area contributed by atoms with Gasteiger partial charge in [0.1, 0.15) is 17.3 Å². The third-order valence-corrected chi connectivity index (χ3v) is 3.34. The molecular weight excluding hydrogens is 327 g/mol. The summed E-state index contributed by atoms with van der Waals surface area (Å²) < 4.78 is 23.1. The summed E-state index contributed by atoms with van der Waals surface area (Å²) in [6, 6.07) is 12.7. The average molecular weight is 346 g/mol. The lowest BCUT2D eigenvalue weighted by molar-refractivity contribution is -0.130. The lowest BCUT2D eigenvalue weighted by atomic mass is 10.1. The molecule has 0 fully saturated rings. The molecule has 6 nitrogen and oxygen atoms in total. The number of ether oxygens (including phenoxy) is 2. The van der Waals surface area contributed by atoms with Gasteiger partial charge in [0, 0.05) is 6.42 Å². The molecule has 25 heavy (non-hydrogen) atoms. The zero-order valence-corrected chi connectivity index (χ0v) is 13.8. The van der Waals surface area contributed by atoms with Crippen LogP contribution in [-0.4, -0.2) is 25.5 Å². The monoisotopic (exact) mass is 346 g/mol. The highest BCUT2D eigenvalue weighted by molar-refractivity contribution is 5.82. The number of carbonyl (C=O) groups excluding carboxylic acids is 2. The normalized spacial score (nSPS) is 10.0. The smallest absolute Gasteiger partial charge is 0.276 e. The lowest BCUT2D eigenvalue weighted by Gasteiger charge is -2.10. The maximum atomic E-state index is 12.7. The minimum Gasteiger partial charge on any atom is -0.496 e. The summed E-state index contributed by atoms with van der Waals surface area (Å²) in [4.78, 5) is 23.4. The number of methoxy groups -OCH3 is 1. The number of amides is 2. The summed E-state index contributed by atoms with van der Waals surface area (Å²) in [6.07, 6.45) is 0.678. The Bertz CT molecular complexity index is 719. The maximum absolute atomic E-state index is 12.7. The molecule has 0 radical (unpaired) electrons. The van der Waals surface area contributed by atoms with Gasteiger partial charge in [-0.15, -0.1) is 0 Å². The van der Waals surface area contributed by atoms with Gasteiger partial charge < -0.3 is 9.47 Å². The molecule has 0 unspecified atom stereocenters. The summed E-state index contributed by atoms with van der Waals surface area (Å²) in [5.74, 6) is -0.166. The fourth-order valence-corrected chi connectivity index (χ4v) is 2.08. The van der Waals surface area contributed by atoms with E-state index in [9.17, 15) is 14.0 Å². The van der Waals surface area contributed by atoms with E-state index < -0.39 is 5.91 Å². The van der Waals surface area contributed by atoms with Gasteiger partial charge in [-0.1, -0.05) is 18.2 Å². The van der Waals surface area contributed by atoms with E-state index in [2.05, 4.69) is 10.9 Å². The van der Waals surface area contributed by atoms with E-state index in [4.69, 9.17) is 9.47 Å². The predicted molar refractivity (Wildman–Crippen MR) is 89.5 cm³/mol. The summed E-state index contributed by atoms with van der Waals surface area (Å²) in [5.41, 5.74) is 5.48. The van der Waals surface area contributed by atoms with Crippen LogP contribution in [0.25, 0.3) is 0 Å². The van der Waals surface area contributed by atoms with Crippen molar-refractivity contribution >= 4 is 11.8 Å². The first-order valence-electron chi connectivity index (χ1n) is 7.66. The van der Waals surface area contributed by atoms with Gasteiger partial charge in [-0.2, -0.15) is 0 Å². The third kappa shape index (κ3) is 6.14. The van der Waals surface area contributed by atoms with Gasteiger partial charge in [0.25, 0.3) is 5.91 Å². The maximum Gasteiger partial charge on any atom is 0.276 e. The summed E-state index contributed by atoms with van der Waals surface area (Å²) in [5, 5.41) is 0. The van der Waals surface area contributed by atoms with Crippen LogP contribution in [0, 0.1) is 5.82 Å². The van der Waals surface area contributed by atoms with Crippen LogP contribution in [0.3, 0.4) is 0 Å². The van der Waals surface area contributed by atoms with Crippen molar-refractivity contribution in [1.82, 2.24) is 10.9 Å². The van der Waals surface area contributed by atoms with E-state index in [1.807, 2.05) is 24.3 Å². The molecule has 0 saturated heterocycles. The van der Waals surface area contributed by atoms with Crippen molar-refractivity contribution in [3.05, 3.63) is 59.9 Å². The van der Waals surface area contributed by atoms with Crippen molar-refractivity contribution in [2.24, 2.45) is 0 Å². The molecule has 2 amide bonds. The molecule has 0 aliphatic rings. The van der Waals surface area contributed by atoms with Crippen molar-refractivity contribution in [3.63, 3.8) is 0 Å². The Labute approximate surface area is 144 Å². The number of carbonyl (C=O) groups is 2.